The second-order valence-corrected chi connectivity index (χ2v) is 5.85. The summed E-state index contributed by atoms with van der Waals surface area (Å²) in [6.45, 7) is 2.25. The fraction of sp³-hybridized carbons (Fsp3) is 0.263. The second kappa shape index (κ2) is 5.28. The normalized spacial score (nSPS) is 15.3. The van der Waals surface area contributed by atoms with Crippen LogP contribution in [-0.4, -0.2) is 18.9 Å². The van der Waals surface area contributed by atoms with Gasteiger partial charge in [-0.05, 0) is 66.0 Å². The van der Waals surface area contributed by atoms with Crippen molar-refractivity contribution in [3.05, 3.63) is 64.2 Å². The van der Waals surface area contributed by atoms with Crippen LogP contribution in [0.4, 0.5) is 0 Å². The Labute approximate surface area is 133 Å². The van der Waals surface area contributed by atoms with Crippen LogP contribution in [0.2, 0.25) is 0 Å². The first kappa shape index (κ1) is 13.7. The molecule has 0 fully saturated rings. The van der Waals surface area contributed by atoms with Crippen LogP contribution in [0.3, 0.4) is 0 Å². The maximum atomic E-state index is 2.47. The molecular formula is C19H18Li. The number of rotatable bonds is 1. The number of hydrogen-bond acceptors (Lipinski definition) is 0. The molecule has 0 N–H and O–H groups in total. The minimum Gasteiger partial charge on any atom is -0.0683 e. The smallest absolute Gasteiger partial charge is 0 e. The van der Waals surface area contributed by atoms with Crippen LogP contribution in [0.15, 0.2) is 42.0 Å². The van der Waals surface area contributed by atoms with E-state index < -0.39 is 0 Å². The van der Waals surface area contributed by atoms with Crippen molar-refractivity contribution in [3.8, 4) is 11.1 Å². The van der Waals surface area contributed by atoms with Crippen LogP contribution in [0.5, 0.6) is 0 Å². The average Bonchev–Trinajstić information content (AvgIpc) is 3.01. The van der Waals surface area contributed by atoms with E-state index in [1.807, 2.05) is 0 Å². The standard InChI is InChI=1S/C19H18.Li/c1-13-10-16-12-15-8-5-9-17(15)19(18(16)11-13)14-6-3-2-4-7-14;/h2-4,6-7,11-12H,5,8-10H2,1H3;. The molecule has 0 bridgehead atoms. The first-order valence-corrected chi connectivity index (χ1v) is 7.23. The van der Waals surface area contributed by atoms with Gasteiger partial charge in [-0.1, -0.05) is 48.0 Å². The Morgan fingerprint density at radius 2 is 1.75 bits per heavy atom. The fourth-order valence-electron chi connectivity index (χ4n) is 3.67. The molecule has 20 heavy (non-hydrogen) atoms. The van der Waals surface area contributed by atoms with Gasteiger partial charge in [0.25, 0.3) is 0 Å². The van der Waals surface area contributed by atoms with Crippen LogP contribution in [0.25, 0.3) is 17.2 Å². The molecule has 0 atom stereocenters. The Balaban J connectivity index is 0.00000121. The Morgan fingerprint density at radius 1 is 0.950 bits per heavy atom. The Hall–Kier alpha value is -1.22. The number of benzene rings is 2. The number of allylic oxidation sites excluding steroid dienone is 1. The van der Waals surface area contributed by atoms with Crippen molar-refractivity contribution in [1.82, 2.24) is 0 Å². The molecule has 0 aromatic heterocycles. The van der Waals surface area contributed by atoms with Gasteiger partial charge < -0.3 is 0 Å². The first-order valence-electron chi connectivity index (χ1n) is 7.23. The first-order chi connectivity index (χ1) is 9.33. The molecule has 0 aliphatic heterocycles. The second-order valence-electron chi connectivity index (χ2n) is 5.85. The predicted octanol–water partition coefficient (Wildman–Crippen LogP) is 4.42. The van der Waals surface area contributed by atoms with Gasteiger partial charge in [0, 0.05) is 18.9 Å². The summed E-state index contributed by atoms with van der Waals surface area (Å²) >= 11 is 0. The van der Waals surface area contributed by atoms with Crippen molar-refractivity contribution in [2.45, 2.75) is 32.6 Å². The molecule has 0 saturated carbocycles. The minimum atomic E-state index is 0. The molecule has 0 unspecified atom stereocenters. The van der Waals surface area contributed by atoms with E-state index in [0.29, 0.717) is 0 Å². The molecule has 2 aromatic rings. The van der Waals surface area contributed by atoms with E-state index in [4.69, 9.17) is 0 Å². The van der Waals surface area contributed by atoms with Crippen molar-refractivity contribution < 1.29 is 0 Å². The molecule has 1 radical (unpaired) electrons. The molecule has 0 saturated heterocycles. The number of fused-ring (bicyclic) bond motifs is 2. The molecule has 0 heterocycles. The van der Waals surface area contributed by atoms with E-state index in [0.717, 1.165) is 6.42 Å². The third-order valence-corrected chi connectivity index (χ3v) is 4.45. The Kier molecular flexibility index (Phi) is 3.63. The van der Waals surface area contributed by atoms with Crippen molar-refractivity contribution in [1.29, 1.82) is 0 Å². The molecule has 4 rings (SSSR count). The summed E-state index contributed by atoms with van der Waals surface area (Å²) in [7, 11) is 0. The summed E-state index contributed by atoms with van der Waals surface area (Å²) in [6, 6.07) is 13.4. The third kappa shape index (κ3) is 2.08. The summed E-state index contributed by atoms with van der Waals surface area (Å²) in [5.41, 5.74) is 10.6. The SMILES string of the molecule is CC1=Cc2c(cc3c(c2-c2ccccc2)CCC3)C1.[Li]. The summed E-state index contributed by atoms with van der Waals surface area (Å²) in [5.74, 6) is 0. The molecule has 2 aromatic carbocycles. The predicted molar refractivity (Wildman–Crippen MR) is 87.0 cm³/mol. The van der Waals surface area contributed by atoms with Crippen LogP contribution >= 0.6 is 0 Å². The average molecular weight is 253 g/mol. The van der Waals surface area contributed by atoms with Gasteiger partial charge in [-0.15, -0.1) is 0 Å². The van der Waals surface area contributed by atoms with Crippen LogP contribution in [0.1, 0.15) is 35.6 Å². The van der Waals surface area contributed by atoms with Gasteiger partial charge in [0.05, 0.1) is 0 Å². The van der Waals surface area contributed by atoms with Gasteiger partial charge in [-0.2, -0.15) is 0 Å². The maximum absolute atomic E-state index is 2.47. The van der Waals surface area contributed by atoms with E-state index in [9.17, 15) is 0 Å². The van der Waals surface area contributed by atoms with Crippen LogP contribution in [0, 0.1) is 0 Å². The fourth-order valence-corrected chi connectivity index (χ4v) is 3.67. The van der Waals surface area contributed by atoms with Gasteiger partial charge in [0.2, 0.25) is 0 Å². The molecule has 0 nitrogen and oxygen atoms in total. The van der Waals surface area contributed by atoms with E-state index in [1.165, 1.54) is 47.1 Å². The zero-order valence-corrected chi connectivity index (χ0v) is 12.4. The number of hydrogen-bond donors (Lipinski definition) is 0. The Morgan fingerprint density at radius 3 is 2.55 bits per heavy atom. The summed E-state index contributed by atoms with van der Waals surface area (Å²) in [6.07, 6.45) is 7.38. The minimum absolute atomic E-state index is 0. The maximum Gasteiger partial charge on any atom is 0 e. The monoisotopic (exact) mass is 253 g/mol. The molecule has 2 aliphatic carbocycles. The molecular weight excluding hydrogens is 235 g/mol. The zero-order chi connectivity index (χ0) is 12.8. The summed E-state index contributed by atoms with van der Waals surface area (Å²) in [5, 5.41) is 0. The van der Waals surface area contributed by atoms with E-state index >= 15 is 0 Å². The Bertz CT molecular complexity index is 681. The molecule has 2 aliphatic rings. The largest absolute Gasteiger partial charge is 0.0683 e. The van der Waals surface area contributed by atoms with Crippen molar-refractivity contribution >= 4 is 24.9 Å². The molecule has 0 amide bonds. The zero-order valence-electron chi connectivity index (χ0n) is 12.4. The molecule has 1 heteroatoms. The quantitative estimate of drug-likeness (QED) is 0.660. The van der Waals surface area contributed by atoms with E-state index in [1.54, 1.807) is 11.1 Å². The van der Waals surface area contributed by atoms with Gasteiger partial charge in [-0.3, -0.25) is 0 Å². The van der Waals surface area contributed by atoms with Crippen LogP contribution in [-0.2, 0) is 19.3 Å². The van der Waals surface area contributed by atoms with Gasteiger partial charge in [0.15, 0.2) is 0 Å². The number of aryl methyl sites for hydroxylation is 1. The van der Waals surface area contributed by atoms with Crippen LogP contribution < -0.4 is 0 Å². The molecule has 95 valence electrons. The third-order valence-electron chi connectivity index (χ3n) is 4.45. The van der Waals surface area contributed by atoms with Crippen molar-refractivity contribution in [3.63, 3.8) is 0 Å². The summed E-state index contributed by atoms with van der Waals surface area (Å²) in [4.78, 5) is 0. The van der Waals surface area contributed by atoms with Crippen molar-refractivity contribution in [2.75, 3.05) is 0 Å². The van der Waals surface area contributed by atoms with E-state index in [-0.39, 0.29) is 18.9 Å². The van der Waals surface area contributed by atoms with Gasteiger partial charge in [-0.25, -0.2) is 0 Å². The summed E-state index contributed by atoms with van der Waals surface area (Å²) < 4.78 is 0. The molecule has 0 spiro atoms. The van der Waals surface area contributed by atoms with Gasteiger partial charge in [0.1, 0.15) is 0 Å². The van der Waals surface area contributed by atoms with E-state index in [2.05, 4.69) is 49.4 Å². The topological polar surface area (TPSA) is 0 Å². The van der Waals surface area contributed by atoms with Gasteiger partial charge >= 0.3 is 0 Å². The van der Waals surface area contributed by atoms with Crippen molar-refractivity contribution in [2.24, 2.45) is 0 Å².